The molecule has 0 saturated heterocycles. The Labute approximate surface area is 85.7 Å². The minimum atomic E-state index is 0.621. The van der Waals surface area contributed by atoms with E-state index in [1.54, 1.807) is 0 Å². The van der Waals surface area contributed by atoms with Gasteiger partial charge in [-0.3, -0.25) is 4.68 Å². The topological polar surface area (TPSA) is 41.9 Å². The molecule has 0 fully saturated rings. The predicted octanol–water partition coefficient (Wildman–Crippen LogP) is 0.996. The average molecular weight is 196 g/mol. The van der Waals surface area contributed by atoms with E-state index in [-0.39, 0.29) is 0 Å². The lowest BCUT2D eigenvalue weighted by atomic mass is 10.2. The molecule has 0 aromatic carbocycles. The summed E-state index contributed by atoms with van der Waals surface area (Å²) in [4.78, 5) is 0. The molecule has 0 spiro atoms. The molecule has 0 saturated carbocycles. The predicted molar refractivity (Wildman–Crippen MR) is 59.5 cm³/mol. The van der Waals surface area contributed by atoms with E-state index in [1.807, 2.05) is 25.7 Å². The maximum atomic E-state index is 4.27. The molecule has 4 heteroatoms. The van der Waals surface area contributed by atoms with Crippen molar-refractivity contribution >= 4 is 5.82 Å². The highest BCUT2D eigenvalue weighted by atomic mass is 15.3. The van der Waals surface area contributed by atoms with Gasteiger partial charge in [-0.25, -0.2) is 0 Å². The minimum absolute atomic E-state index is 0.621. The van der Waals surface area contributed by atoms with Crippen LogP contribution in [0.2, 0.25) is 0 Å². The Hall–Kier alpha value is -1.03. The summed E-state index contributed by atoms with van der Waals surface area (Å²) in [5.41, 5.74) is 1.05. The third-order valence-corrected chi connectivity index (χ3v) is 2.19. The van der Waals surface area contributed by atoms with Crippen LogP contribution in [0.3, 0.4) is 0 Å². The van der Waals surface area contributed by atoms with Crippen molar-refractivity contribution < 1.29 is 0 Å². The molecule has 4 nitrogen and oxygen atoms in total. The highest BCUT2D eigenvalue weighted by Crippen LogP contribution is 2.08. The molecule has 0 aliphatic carbocycles. The summed E-state index contributed by atoms with van der Waals surface area (Å²) in [6, 6.07) is 2.06. The zero-order valence-electron chi connectivity index (χ0n) is 9.46. The van der Waals surface area contributed by atoms with E-state index in [0.717, 1.165) is 24.6 Å². The van der Waals surface area contributed by atoms with Crippen molar-refractivity contribution in [1.82, 2.24) is 15.1 Å². The number of nitrogens with zero attached hydrogens (tertiary/aromatic N) is 2. The van der Waals surface area contributed by atoms with Crippen molar-refractivity contribution in [3.05, 3.63) is 11.8 Å². The van der Waals surface area contributed by atoms with Gasteiger partial charge in [0.1, 0.15) is 5.82 Å². The second-order valence-corrected chi connectivity index (χ2v) is 3.84. The fourth-order valence-electron chi connectivity index (χ4n) is 1.48. The Morgan fingerprint density at radius 3 is 2.71 bits per heavy atom. The van der Waals surface area contributed by atoms with Gasteiger partial charge in [0, 0.05) is 19.7 Å². The molecule has 1 aromatic rings. The molecule has 80 valence electrons. The first-order chi connectivity index (χ1) is 6.63. The number of aromatic nitrogens is 2. The van der Waals surface area contributed by atoms with Gasteiger partial charge in [0.2, 0.25) is 0 Å². The van der Waals surface area contributed by atoms with Crippen LogP contribution in [-0.4, -0.2) is 29.9 Å². The Morgan fingerprint density at radius 1 is 1.50 bits per heavy atom. The third kappa shape index (κ3) is 3.03. The van der Waals surface area contributed by atoms with E-state index < -0.39 is 0 Å². The molecule has 0 aliphatic rings. The fourth-order valence-corrected chi connectivity index (χ4v) is 1.48. The van der Waals surface area contributed by atoms with Gasteiger partial charge in [0.05, 0.1) is 5.69 Å². The van der Waals surface area contributed by atoms with Crippen LogP contribution in [0, 0.1) is 12.8 Å². The SMILES string of the molecule is CNCC(C)CNc1cc(C)nn1C. The number of rotatable bonds is 5. The first-order valence-electron chi connectivity index (χ1n) is 5.02. The summed E-state index contributed by atoms with van der Waals surface area (Å²) in [5, 5.41) is 10.8. The molecule has 1 heterocycles. The highest BCUT2D eigenvalue weighted by Gasteiger charge is 2.03. The van der Waals surface area contributed by atoms with E-state index >= 15 is 0 Å². The lowest BCUT2D eigenvalue weighted by molar-refractivity contribution is 0.566. The molecular weight excluding hydrogens is 176 g/mol. The standard InChI is InChI=1S/C10H20N4/c1-8(6-11-3)7-12-10-5-9(2)13-14(10)4/h5,8,11-12H,6-7H2,1-4H3. The largest absolute Gasteiger partial charge is 0.370 e. The van der Waals surface area contributed by atoms with Crippen LogP contribution in [0.25, 0.3) is 0 Å². The molecule has 14 heavy (non-hydrogen) atoms. The van der Waals surface area contributed by atoms with Crippen LogP contribution in [0.4, 0.5) is 5.82 Å². The minimum Gasteiger partial charge on any atom is -0.370 e. The lowest BCUT2D eigenvalue weighted by Crippen LogP contribution is -2.23. The number of aryl methyl sites for hydroxylation is 2. The second-order valence-electron chi connectivity index (χ2n) is 3.84. The van der Waals surface area contributed by atoms with Crippen molar-refractivity contribution in [1.29, 1.82) is 0 Å². The first-order valence-corrected chi connectivity index (χ1v) is 5.02. The zero-order valence-corrected chi connectivity index (χ0v) is 9.46. The summed E-state index contributed by atoms with van der Waals surface area (Å²) in [5.74, 6) is 1.71. The molecule has 0 bridgehead atoms. The smallest absolute Gasteiger partial charge is 0.124 e. The van der Waals surface area contributed by atoms with Crippen LogP contribution in [-0.2, 0) is 7.05 Å². The maximum Gasteiger partial charge on any atom is 0.124 e. The van der Waals surface area contributed by atoms with E-state index in [9.17, 15) is 0 Å². The molecule has 2 N–H and O–H groups in total. The van der Waals surface area contributed by atoms with E-state index in [0.29, 0.717) is 5.92 Å². The number of hydrogen-bond donors (Lipinski definition) is 2. The van der Waals surface area contributed by atoms with Crippen molar-refractivity contribution in [2.75, 3.05) is 25.5 Å². The van der Waals surface area contributed by atoms with Crippen LogP contribution >= 0.6 is 0 Å². The Balaban J connectivity index is 2.41. The number of anilines is 1. The molecular formula is C10H20N4. The summed E-state index contributed by atoms with van der Waals surface area (Å²) in [7, 11) is 3.93. The molecule has 1 aromatic heterocycles. The van der Waals surface area contributed by atoms with Gasteiger partial charge in [0.15, 0.2) is 0 Å². The van der Waals surface area contributed by atoms with Gasteiger partial charge in [-0.1, -0.05) is 6.92 Å². The second kappa shape index (κ2) is 5.00. The van der Waals surface area contributed by atoms with Crippen LogP contribution in [0.15, 0.2) is 6.07 Å². The Kier molecular flexibility index (Phi) is 3.95. The summed E-state index contributed by atoms with van der Waals surface area (Å²) < 4.78 is 1.88. The summed E-state index contributed by atoms with van der Waals surface area (Å²) in [6.07, 6.45) is 0. The molecule has 0 aliphatic heterocycles. The number of nitrogens with one attached hydrogen (secondary N) is 2. The quantitative estimate of drug-likeness (QED) is 0.738. The normalized spacial score (nSPS) is 12.9. The van der Waals surface area contributed by atoms with Crippen LogP contribution < -0.4 is 10.6 Å². The third-order valence-electron chi connectivity index (χ3n) is 2.19. The van der Waals surface area contributed by atoms with Crippen molar-refractivity contribution in [2.45, 2.75) is 13.8 Å². The summed E-state index contributed by atoms with van der Waals surface area (Å²) >= 11 is 0. The van der Waals surface area contributed by atoms with Crippen molar-refractivity contribution in [3.63, 3.8) is 0 Å². The lowest BCUT2D eigenvalue weighted by Gasteiger charge is -2.12. The van der Waals surface area contributed by atoms with Gasteiger partial charge in [-0.2, -0.15) is 5.10 Å². The fraction of sp³-hybridized carbons (Fsp3) is 0.700. The van der Waals surface area contributed by atoms with Gasteiger partial charge in [-0.05, 0) is 26.4 Å². The van der Waals surface area contributed by atoms with E-state index in [1.165, 1.54) is 0 Å². The van der Waals surface area contributed by atoms with Crippen molar-refractivity contribution in [3.8, 4) is 0 Å². The maximum absolute atomic E-state index is 4.27. The monoisotopic (exact) mass is 196 g/mol. The van der Waals surface area contributed by atoms with Gasteiger partial charge in [-0.15, -0.1) is 0 Å². The van der Waals surface area contributed by atoms with Gasteiger partial charge < -0.3 is 10.6 Å². The molecule has 1 atom stereocenters. The van der Waals surface area contributed by atoms with Crippen LogP contribution in [0.5, 0.6) is 0 Å². The molecule has 0 radical (unpaired) electrons. The highest BCUT2D eigenvalue weighted by molar-refractivity contribution is 5.36. The number of hydrogen-bond acceptors (Lipinski definition) is 3. The summed E-state index contributed by atoms with van der Waals surface area (Å²) in [6.45, 7) is 6.22. The van der Waals surface area contributed by atoms with Crippen molar-refractivity contribution in [2.24, 2.45) is 13.0 Å². The average Bonchev–Trinajstić information content (AvgIpc) is 2.42. The molecule has 1 unspecified atom stereocenters. The Morgan fingerprint density at radius 2 is 2.21 bits per heavy atom. The van der Waals surface area contributed by atoms with Gasteiger partial charge >= 0.3 is 0 Å². The van der Waals surface area contributed by atoms with Gasteiger partial charge in [0.25, 0.3) is 0 Å². The van der Waals surface area contributed by atoms with E-state index in [4.69, 9.17) is 0 Å². The first kappa shape index (κ1) is 11.0. The molecule has 0 amide bonds. The van der Waals surface area contributed by atoms with E-state index in [2.05, 4.69) is 28.7 Å². The van der Waals surface area contributed by atoms with Crippen LogP contribution in [0.1, 0.15) is 12.6 Å². The Bertz CT molecular complexity index is 280. The molecule has 1 rings (SSSR count). The zero-order chi connectivity index (χ0) is 10.6.